The fraction of sp³-hybridized carbons (Fsp3) is 0.0714. The summed E-state index contributed by atoms with van der Waals surface area (Å²) in [7, 11) is 0. The van der Waals surface area contributed by atoms with E-state index in [-0.39, 0.29) is 22.8 Å². The molecule has 0 aliphatic heterocycles. The first-order valence-electron chi connectivity index (χ1n) is 5.89. The van der Waals surface area contributed by atoms with E-state index in [4.69, 9.17) is 16.7 Å². The number of pyridine rings is 1. The number of halogens is 2. The molecule has 5 nitrogen and oxygen atoms in total. The number of nitrogens with zero attached hydrogens (tertiary/aromatic N) is 1. The minimum absolute atomic E-state index is 0.0555. The fourth-order valence-electron chi connectivity index (χ4n) is 1.58. The summed E-state index contributed by atoms with van der Waals surface area (Å²) in [5, 5.41) is 11.2. The Labute approximate surface area is 124 Å². The number of aromatic nitrogens is 1. The summed E-state index contributed by atoms with van der Waals surface area (Å²) in [6.07, 6.45) is 1.35. The molecule has 1 aromatic heterocycles. The molecule has 0 atom stereocenters. The van der Waals surface area contributed by atoms with Gasteiger partial charge in [0.2, 0.25) is 0 Å². The van der Waals surface area contributed by atoms with Gasteiger partial charge in [-0.15, -0.1) is 0 Å². The van der Waals surface area contributed by atoms with Crippen molar-refractivity contribution in [1.29, 1.82) is 0 Å². The van der Waals surface area contributed by atoms with Crippen LogP contribution < -0.4 is 5.32 Å². The van der Waals surface area contributed by atoms with E-state index >= 15 is 0 Å². The van der Waals surface area contributed by atoms with E-state index in [0.717, 1.165) is 6.07 Å². The molecule has 2 aromatic rings. The normalized spacial score (nSPS) is 10.2. The zero-order valence-corrected chi connectivity index (χ0v) is 11.4. The zero-order valence-electron chi connectivity index (χ0n) is 10.6. The first-order chi connectivity index (χ1) is 9.97. The quantitative estimate of drug-likeness (QED) is 0.909. The lowest BCUT2D eigenvalue weighted by Crippen LogP contribution is -2.23. The van der Waals surface area contributed by atoms with Crippen molar-refractivity contribution in [2.45, 2.75) is 6.54 Å². The number of nitrogens with one attached hydrogen (secondary N) is 1. The van der Waals surface area contributed by atoms with E-state index in [9.17, 15) is 14.0 Å². The molecule has 1 heterocycles. The Kier molecular flexibility index (Phi) is 4.49. The van der Waals surface area contributed by atoms with Crippen molar-refractivity contribution >= 4 is 23.5 Å². The molecule has 0 unspecified atom stereocenters. The van der Waals surface area contributed by atoms with Gasteiger partial charge in [0, 0.05) is 18.3 Å². The topological polar surface area (TPSA) is 79.3 Å². The van der Waals surface area contributed by atoms with Gasteiger partial charge in [-0.2, -0.15) is 0 Å². The van der Waals surface area contributed by atoms with E-state index < -0.39 is 17.7 Å². The Morgan fingerprint density at radius 2 is 2.05 bits per heavy atom. The van der Waals surface area contributed by atoms with E-state index in [1.807, 2.05) is 0 Å². The highest BCUT2D eigenvalue weighted by molar-refractivity contribution is 6.30. The number of hydrogen-bond donors (Lipinski definition) is 2. The molecular formula is C14H10ClFN2O3. The highest BCUT2D eigenvalue weighted by atomic mass is 35.5. The summed E-state index contributed by atoms with van der Waals surface area (Å²) in [6.45, 7) is 0.149. The third-order valence-electron chi connectivity index (χ3n) is 2.68. The van der Waals surface area contributed by atoms with Gasteiger partial charge >= 0.3 is 5.97 Å². The minimum atomic E-state index is -1.12. The second-order valence-electron chi connectivity index (χ2n) is 4.17. The van der Waals surface area contributed by atoms with Crippen molar-refractivity contribution in [2.75, 3.05) is 0 Å². The average molecular weight is 309 g/mol. The van der Waals surface area contributed by atoms with Gasteiger partial charge < -0.3 is 10.4 Å². The zero-order chi connectivity index (χ0) is 15.4. The molecule has 7 heteroatoms. The first kappa shape index (κ1) is 14.9. The van der Waals surface area contributed by atoms with Gasteiger partial charge in [0.05, 0.1) is 5.02 Å². The maximum Gasteiger partial charge on any atom is 0.354 e. The number of hydrogen-bond acceptors (Lipinski definition) is 3. The Balaban J connectivity index is 2.00. The Hall–Kier alpha value is -2.47. The van der Waals surface area contributed by atoms with Crippen LogP contribution >= 0.6 is 11.6 Å². The van der Waals surface area contributed by atoms with Crippen LogP contribution in [0.1, 0.15) is 26.4 Å². The van der Waals surface area contributed by atoms with Crippen molar-refractivity contribution in [3.05, 3.63) is 64.2 Å². The molecule has 0 aliphatic rings. The second-order valence-corrected chi connectivity index (χ2v) is 4.58. The Morgan fingerprint density at radius 3 is 2.62 bits per heavy atom. The number of rotatable bonds is 4. The molecule has 1 aromatic carbocycles. The van der Waals surface area contributed by atoms with Gasteiger partial charge in [0.1, 0.15) is 11.5 Å². The van der Waals surface area contributed by atoms with Gasteiger partial charge in [-0.3, -0.25) is 4.79 Å². The van der Waals surface area contributed by atoms with Gasteiger partial charge in [-0.1, -0.05) is 17.7 Å². The summed E-state index contributed by atoms with van der Waals surface area (Å²) in [4.78, 5) is 26.2. The van der Waals surface area contributed by atoms with Crippen LogP contribution in [0.15, 0.2) is 36.5 Å². The molecule has 0 aliphatic carbocycles. The standard InChI is InChI=1S/C14H10ClFN2O3/c15-10-3-2-9(5-11(10)16)13(19)18-7-8-1-4-12(14(20)21)17-6-8/h1-6H,7H2,(H,18,19)(H,20,21). The highest BCUT2D eigenvalue weighted by Gasteiger charge is 2.09. The van der Waals surface area contributed by atoms with Crippen LogP contribution in [0.25, 0.3) is 0 Å². The molecule has 1 amide bonds. The van der Waals surface area contributed by atoms with Crippen molar-refractivity contribution in [3.63, 3.8) is 0 Å². The molecule has 0 radical (unpaired) electrons. The second kappa shape index (κ2) is 6.32. The maximum absolute atomic E-state index is 13.2. The molecule has 2 N–H and O–H groups in total. The van der Waals surface area contributed by atoms with Crippen LogP contribution in [0, 0.1) is 5.82 Å². The van der Waals surface area contributed by atoms with Crippen molar-refractivity contribution in [1.82, 2.24) is 10.3 Å². The van der Waals surface area contributed by atoms with Crippen LogP contribution in [0.2, 0.25) is 5.02 Å². The number of carboxylic acids is 1. The molecular weight excluding hydrogens is 299 g/mol. The van der Waals surface area contributed by atoms with Crippen LogP contribution in [-0.2, 0) is 6.54 Å². The predicted molar refractivity (Wildman–Crippen MR) is 73.8 cm³/mol. The average Bonchev–Trinajstić information content (AvgIpc) is 2.48. The molecule has 0 spiro atoms. The van der Waals surface area contributed by atoms with Gasteiger partial charge in [-0.05, 0) is 29.8 Å². The lowest BCUT2D eigenvalue weighted by atomic mass is 10.2. The minimum Gasteiger partial charge on any atom is -0.477 e. The van der Waals surface area contributed by atoms with Gasteiger partial charge in [-0.25, -0.2) is 14.2 Å². The molecule has 0 fully saturated rings. The largest absolute Gasteiger partial charge is 0.477 e. The molecule has 2 rings (SSSR count). The lowest BCUT2D eigenvalue weighted by molar-refractivity contribution is 0.0690. The lowest BCUT2D eigenvalue weighted by Gasteiger charge is -2.06. The molecule has 0 bridgehead atoms. The first-order valence-corrected chi connectivity index (χ1v) is 6.26. The molecule has 108 valence electrons. The van der Waals surface area contributed by atoms with Crippen LogP contribution in [0.3, 0.4) is 0 Å². The SMILES string of the molecule is O=C(NCc1ccc(C(=O)O)nc1)c1ccc(Cl)c(F)c1. The summed E-state index contributed by atoms with van der Waals surface area (Å²) in [5.41, 5.74) is 0.694. The van der Waals surface area contributed by atoms with Crippen LogP contribution in [-0.4, -0.2) is 22.0 Å². The summed E-state index contributed by atoms with van der Waals surface area (Å²) in [6, 6.07) is 6.63. The van der Waals surface area contributed by atoms with Crippen LogP contribution in [0.4, 0.5) is 4.39 Å². The van der Waals surface area contributed by atoms with E-state index in [0.29, 0.717) is 5.56 Å². The molecule has 21 heavy (non-hydrogen) atoms. The summed E-state index contributed by atoms with van der Waals surface area (Å²) >= 11 is 5.54. The van der Waals surface area contributed by atoms with E-state index in [1.165, 1.54) is 24.4 Å². The Morgan fingerprint density at radius 1 is 1.29 bits per heavy atom. The van der Waals surface area contributed by atoms with Crippen LogP contribution in [0.5, 0.6) is 0 Å². The number of amides is 1. The number of benzene rings is 1. The van der Waals surface area contributed by atoms with E-state index in [2.05, 4.69) is 10.3 Å². The monoisotopic (exact) mass is 308 g/mol. The molecule has 0 saturated heterocycles. The van der Waals surface area contributed by atoms with Gasteiger partial charge in [0.15, 0.2) is 0 Å². The molecule has 0 saturated carbocycles. The smallest absolute Gasteiger partial charge is 0.354 e. The summed E-state index contributed by atoms with van der Waals surface area (Å²) < 4.78 is 13.2. The Bertz CT molecular complexity index is 689. The third-order valence-corrected chi connectivity index (χ3v) is 2.99. The highest BCUT2D eigenvalue weighted by Crippen LogP contribution is 2.15. The van der Waals surface area contributed by atoms with Crippen molar-refractivity contribution in [2.24, 2.45) is 0 Å². The number of carboxylic acid groups (broad SMARTS) is 1. The van der Waals surface area contributed by atoms with Crippen molar-refractivity contribution < 1.29 is 19.1 Å². The predicted octanol–water partition coefficient (Wildman–Crippen LogP) is 2.50. The summed E-state index contributed by atoms with van der Waals surface area (Å²) in [5.74, 6) is -2.26. The number of aromatic carboxylic acids is 1. The number of carbonyl (C=O) groups excluding carboxylic acids is 1. The van der Waals surface area contributed by atoms with Gasteiger partial charge in [0.25, 0.3) is 5.91 Å². The number of carbonyl (C=O) groups is 2. The fourth-order valence-corrected chi connectivity index (χ4v) is 1.69. The third kappa shape index (κ3) is 3.76. The maximum atomic E-state index is 13.2. The van der Waals surface area contributed by atoms with Crippen molar-refractivity contribution in [3.8, 4) is 0 Å². The van der Waals surface area contributed by atoms with E-state index in [1.54, 1.807) is 6.07 Å².